The van der Waals surface area contributed by atoms with Crippen molar-refractivity contribution in [2.45, 2.75) is 32.4 Å². The Morgan fingerprint density at radius 3 is 2.95 bits per heavy atom. The third-order valence-corrected chi connectivity index (χ3v) is 3.87. The Morgan fingerprint density at radius 1 is 1.47 bits per heavy atom. The van der Waals surface area contributed by atoms with Gasteiger partial charge in [0.25, 0.3) is 0 Å². The van der Waals surface area contributed by atoms with Crippen LogP contribution in [0.15, 0.2) is 22.9 Å². The Labute approximate surface area is 116 Å². The molecule has 5 heteroatoms. The van der Waals surface area contributed by atoms with E-state index in [1.54, 1.807) is 17.4 Å². The molecule has 19 heavy (non-hydrogen) atoms. The van der Waals surface area contributed by atoms with Crippen LogP contribution in [-0.4, -0.2) is 16.0 Å². The van der Waals surface area contributed by atoms with E-state index in [0.29, 0.717) is 17.7 Å². The molecule has 0 N–H and O–H groups in total. The Balaban J connectivity index is 1.92. The van der Waals surface area contributed by atoms with Gasteiger partial charge in [-0.25, -0.2) is 9.97 Å². The molecule has 2 aromatic heterocycles. The Morgan fingerprint density at radius 2 is 2.32 bits per heavy atom. The van der Waals surface area contributed by atoms with Gasteiger partial charge in [-0.15, -0.1) is 0 Å². The summed E-state index contributed by atoms with van der Waals surface area (Å²) in [5.74, 6) is 0.685. The predicted molar refractivity (Wildman–Crippen MR) is 75.0 cm³/mol. The van der Waals surface area contributed by atoms with Crippen molar-refractivity contribution in [2.24, 2.45) is 0 Å². The molecule has 2 aromatic rings. The molecule has 0 unspecified atom stereocenters. The van der Waals surface area contributed by atoms with Gasteiger partial charge in [-0.2, -0.15) is 16.6 Å². The van der Waals surface area contributed by atoms with Gasteiger partial charge in [0.15, 0.2) is 0 Å². The Bertz CT molecular complexity index is 611. The van der Waals surface area contributed by atoms with Gasteiger partial charge in [0.1, 0.15) is 11.8 Å². The zero-order valence-corrected chi connectivity index (χ0v) is 11.5. The average Bonchev–Trinajstić information content (AvgIpc) is 3.12. The molecule has 1 saturated carbocycles. The van der Waals surface area contributed by atoms with Gasteiger partial charge in [-0.3, -0.25) is 0 Å². The summed E-state index contributed by atoms with van der Waals surface area (Å²) < 4.78 is 0. The molecule has 3 rings (SSSR count). The van der Waals surface area contributed by atoms with Crippen molar-refractivity contribution in [1.29, 1.82) is 5.26 Å². The standard InChI is InChI=1S/C14H14N4S/c1-10-6-12(7-15)17-14(16-10)18(13-2-3-13)8-11-4-5-19-9-11/h4-6,9,13H,2-3,8H2,1H3. The second kappa shape index (κ2) is 4.98. The quantitative estimate of drug-likeness (QED) is 0.857. The van der Waals surface area contributed by atoms with Crippen molar-refractivity contribution in [3.8, 4) is 6.07 Å². The van der Waals surface area contributed by atoms with Crippen LogP contribution in [-0.2, 0) is 6.54 Å². The topological polar surface area (TPSA) is 52.8 Å². The summed E-state index contributed by atoms with van der Waals surface area (Å²) in [6, 6.07) is 6.47. The summed E-state index contributed by atoms with van der Waals surface area (Å²) in [6.45, 7) is 2.73. The van der Waals surface area contributed by atoms with Crippen molar-refractivity contribution in [2.75, 3.05) is 4.90 Å². The molecule has 0 amide bonds. The van der Waals surface area contributed by atoms with Crippen LogP contribution in [0, 0.1) is 18.3 Å². The smallest absolute Gasteiger partial charge is 0.227 e. The highest BCUT2D eigenvalue weighted by Gasteiger charge is 2.31. The van der Waals surface area contributed by atoms with E-state index < -0.39 is 0 Å². The number of anilines is 1. The highest BCUT2D eigenvalue weighted by Crippen LogP contribution is 2.31. The van der Waals surface area contributed by atoms with Crippen LogP contribution >= 0.6 is 11.3 Å². The van der Waals surface area contributed by atoms with Crippen molar-refractivity contribution in [1.82, 2.24) is 9.97 Å². The lowest BCUT2D eigenvalue weighted by Gasteiger charge is -2.22. The van der Waals surface area contributed by atoms with Crippen LogP contribution in [0.4, 0.5) is 5.95 Å². The molecule has 0 aliphatic heterocycles. The van der Waals surface area contributed by atoms with Crippen molar-refractivity contribution < 1.29 is 0 Å². The first kappa shape index (κ1) is 12.1. The maximum absolute atomic E-state index is 9.02. The number of nitrogens with zero attached hydrogens (tertiary/aromatic N) is 4. The third-order valence-electron chi connectivity index (χ3n) is 3.13. The zero-order valence-electron chi connectivity index (χ0n) is 10.7. The lowest BCUT2D eigenvalue weighted by atomic mass is 10.3. The molecule has 0 spiro atoms. The highest BCUT2D eigenvalue weighted by atomic mass is 32.1. The molecule has 0 saturated heterocycles. The third kappa shape index (κ3) is 2.74. The summed E-state index contributed by atoms with van der Waals surface area (Å²) in [4.78, 5) is 11.1. The minimum absolute atomic E-state index is 0.443. The summed E-state index contributed by atoms with van der Waals surface area (Å²) in [6.07, 6.45) is 2.37. The number of aromatic nitrogens is 2. The van der Waals surface area contributed by atoms with Crippen molar-refractivity contribution in [3.63, 3.8) is 0 Å². The molecule has 1 aliphatic rings. The molecule has 2 heterocycles. The van der Waals surface area contributed by atoms with Gasteiger partial charge in [0, 0.05) is 18.3 Å². The van der Waals surface area contributed by atoms with E-state index in [9.17, 15) is 0 Å². The molecule has 0 atom stereocenters. The van der Waals surface area contributed by atoms with E-state index in [2.05, 4.69) is 37.8 Å². The van der Waals surface area contributed by atoms with Crippen LogP contribution in [0.5, 0.6) is 0 Å². The van der Waals surface area contributed by atoms with E-state index in [1.165, 1.54) is 18.4 Å². The first-order valence-corrected chi connectivity index (χ1v) is 7.24. The predicted octanol–water partition coefficient (Wildman–Crippen LogP) is 2.89. The number of hydrogen-bond donors (Lipinski definition) is 0. The monoisotopic (exact) mass is 270 g/mol. The number of rotatable bonds is 4. The van der Waals surface area contributed by atoms with Crippen LogP contribution < -0.4 is 4.90 Å². The normalized spacial score (nSPS) is 14.1. The van der Waals surface area contributed by atoms with E-state index in [1.807, 2.05) is 6.92 Å². The summed E-state index contributed by atoms with van der Waals surface area (Å²) in [7, 11) is 0. The molecule has 4 nitrogen and oxygen atoms in total. The van der Waals surface area contributed by atoms with Gasteiger partial charge in [-0.05, 0) is 48.2 Å². The molecule has 1 fully saturated rings. The fraction of sp³-hybridized carbons (Fsp3) is 0.357. The number of hydrogen-bond acceptors (Lipinski definition) is 5. The SMILES string of the molecule is Cc1cc(C#N)nc(N(Cc2ccsc2)C2CC2)n1. The van der Waals surface area contributed by atoms with Gasteiger partial charge in [0.2, 0.25) is 5.95 Å². The van der Waals surface area contributed by atoms with Crippen molar-refractivity contribution in [3.05, 3.63) is 39.8 Å². The molecular formula is C14H14N4S. The van der Waals surface area contributed by atoms with Gasteiger partial charge >= 0.3 is 0 Å². The van der Waals surface area contributed by atoms with Crippen molar-refractivity contribution >= 4 is 17.3 Å². The number of thiophene rings is 1. The first-order chi connectivity index (χ1) is 9.26. The van der Waals surface area contributed by atoms with E-state index in [-0.39, 0.29) is 0 Å². The van der Waals surface area contributed by atoms with Gasteiger partial charge < -0.3 is 4.90 Å². The lowest BCUT2D eigenvalue weighted by Crippen LogP contribution is -2.27. The molecule has 0 radical (unpaired) electrons. The average molecular weight is 270 g/mol. The molecular weight excluding hydrogens is 256 g/mol. The zero-order chi connectivity index (χ0) is 13.2. The summed E-state index contributed by atoms with van der Waals surface area (Å²) in [5.41, 5.74) is 2.57. The largest absolute Gasteiger partial charge is 0.333 e. The van der Waals surface area contributed by atoms with Crippen LogP contribution in [0.25, 0.3) is 0 Å². The Hall–Kier alpha value is -1.93. The molecule has 0 bridgehead atoms. The lowest BCUT2D eigenvalue weighted by molar-refractivity contribution is 0.755. The second-order valence-corrected chi connectivity index (χ2v) is 5.58. The van der Waals surface area contributed by atoms with E-state index >= 15 is 0 Å². The number of aryl methyl sites for hydroxylation is 1. The van der Waals surface area contributed by atoms with Crippen LogP contribution in [0.3, 0.4) is 0 Å². The van der Waals surface area contributed by atoms with Gasteiger partial charge in [-0.1, -0.05) is 0 Å². The van der Waals surface area contributed by atoms with Crippen LogP contribution in [0.2, 0.25) is 0 Å². The maximum Gasteiger partial charge on any atom is 0.227 e. The fourth-order valence-corrected chi connectivity index (χ4v) is 2.73. The fourth-order valence-electron chi connectivity index (χ4n) is 2.07. The van der Waals surface area contributed by atoms with E-state index in [4.69, 9.17) is 5.26 Å². The summed E-state index contributed by atoms with van der Waals surface area (Å²) in [5, 5.41) is 13.3. The minimum atomic E-state index is 0.443. The van der Waals surface area contributed by atoms with Crippen LogP contribution in [0.1, 0.15) is 29.8 Å². The number of nitriles is 1. The Kier molecular flexibility index (Phi) is 3.18. The van der Waals surface area contributed by atoms with Gasteiger partial charge in [0.05, 0.1) is 0 Å². The maximum atomic E-state index is 9.02. The second-order valence-electron chi connectivity index (χ2n) is 4.80. The first-order valence-electron chi connectivity index (χ1n) is 6.30. The minimum Gasteiger partial charge on any atom is -0.333 e. The molecule has 0 aromatic carbocycles. The molecule has 1 aliphatic carbocycles. The van der Waals surface area contributed by atoms with E-state index in [0.717, 1.165) is 12.2 Å². The summed E-state index contributed by atoms with van der Waals surface area (Å²) >= 11 is 1.70. The highest BCUT2D eigenvalue weighted by molar-refractivity contribution is 7.07. The molecule has 96 valence electrons.